The number of furan rings is 1. The molecule has 0 spiro atoms. The van der Waals surface area contributed by atoms with Crippen molar-refractivity contribution in [1.82, 2.24) is 5.43 Å². The van der Waals surface area contributed by atoms with Crippen LogP contribution in [-0.4, -0.2) is 12.1 Å². The number of carbonyl (C=O) groups excluding carboxylic acids is 1. The van der Waals surface area contributed by atoms with Crippen molar-refractivity contribution >= 4 is 73.2 Å². The highest BCUT2D eigenvalue weighted by Gasteiger charge is 2.14. The van der Waals surface area contributed by atoms with E-state index in [1.54, 1.807) is 30.3 Å². The number of halogens is 3. The van der Waals surface area contributed by atoms with Crippen LogP contribution in [0.1, 0.15) is 16.1 Å². The maximum absolute atomic E-state index is 12.1. The van der Waals surface area contributed by atoms with Crippen LogP contribution >= 0.6 is 50.1 Å². The highest BCUT2D eigenvalue weighted by Crippen LogP contribution is 2.28. The molecule has 1 N–H and O–H groups in total. The number of nitrogens with one attached hydrogen (secondary N) is 1. The Morgan fingerprint density at radius 1 is 1.26 bits per heavy atom. The fourth-order valence-electron chi connectivity index (χ4n) is 1.96. The minimum Gasteiger partial charge on any atom is -0.450 e. The Morgan fingerprint density at radius 3 is 2.74 bits per heavy atom. The number of fused-ring (bicyclic) bond motifs is 1. The Labute approximate surface area is 159 Å². The number of carbonyl (C=O) groups is 1. The lowest BCUT2D eigenvalue weighted by Crippen LogP contribution is -2.16. The van der Waals surface area contributed by atoms with Gasteiger partial charge in [-0.1, -0.05) is 39.7 Å². The molecule has 0 radical (unpaired) electrons. The van der Waals surface area contributed by atoms with Gasteiger partial charge in [-0.15, -0.1) is 0 Å². The van der Waals surface area contributed by atoms with Crippen LogP contribution < -0.4 is 5.43 Å². The number of hydrogen-bond donors (Lipinski definition) is 1. The summed E-state index contributed by atoms with van der Waals surface area (Å²) in [6.45, 7) is 0. The van der Waals surface area contributed by atoms with Crippen LogP contribution in [0.3, 0.4) is 0 Å². The zero-order valence-corrected chi connectivity index (χ0v) is 16.0. The van der Waals surface area contributed by atoms with E-state index in [0.717, 1.165) is 19.0 Å². The maximum Gasteiger partial charge on any atom is 0.307 e. The van der Waals surface area contributed by atoms with Crippen LogP contribution in [0.2, 0.25) is 5.02 Å². The number of hydrogen-bond acceptors (Lipinski definition) is 3. The van der Waals surface area contributed by atoms with Gasteiger partial charge in [0.2, 0.25) is 0 Å². The van der Waals surface area contributed by atoms with Gasteiger partial charge in [-0.25, -0.2) is 5.43 Å². The zero-order chi connectivity index (χ0) is 16.4. The van der Waals surface area contributed by atoms with E-state index in [0.29, 0.717) is 10.6 Å². The summed E-state index contributed by atoms with van der Waals surface area (Å²) >= 11 is 11.4. The molecule has 0 fully saturated rings. The van der Waals surface area contributed by atoms with Gasteiger partial charge in [-0.3, -0.25) is 4.79 Å². The summed E-state index contributed by atoms with van der Waals surface area (Å²) in [5.74, 6) is -0.192. The Balaban J connectivity index is 1.75. The number of amides is 1. The van der Waals surface area contributed by atoms with Crippen LogP contribution in [0.5, 0.6) is 0 Å². The van der Waals surface area contributed by atoms with Gasteiger partial charge >= 0.3 is 5.91 Å². The van der Waals surface area contributed by atoms with E-state index in [-0.39, 0.29) is 5.76 Å². The highest BCUT2D eigenvalue weighted by atomic mass is 127. The van der Waals surface area contributed by atoms with Crippen LogP contribution in [0.25, 0.3) is 11.0 Å². The topological polar surface area (TPSA) is 54.6 Å². The number of benzene rings is 2. The van der Waals surface area contributed by atoms with Gasteiger partial charge in [-0.2, -0.15) is 5.10 Å². The van der Waals surface area contributed by atoms with Crippen molar-refractivity contribution in [3.05, 3.63) is 66.9 Å². The van der Waals surface area contributed by atoms with Crippen molar-refractivity contribution < 1.29 is 9.21 Å². The molecule has 0 aliphatic heterocycles. The average molecular weight is 504 g/mol. The molecule has 7 heteroatoms. The van der Waals surface area contributed by atoms with E-state index < -0.39 is 5.91 Å². The largest absolute Gasteiger partial charge is 0.450 e. The first-order chi connectivity index (χ1) is 11.0. The molecule has 23 heavy (non-hydrogen) atoms. The average Bonchev–Trinajstić information content (AvgIpc) is 2.93. The molecule has 0 aliphatic rings. The molecule has 0 bridgehead atoms. The van der Waals surface area contributed by atoms with E-state index in [1.165, 1.54) is 6.21 Å². The molecule has 1 heterocycles. The number of nitrogens with zero attached hydrogens (tertiary/aromatic N) is 1. The second-order valence-corrected chi connectivity index (χ2v) is 7.18. The molecule has 0 saturated heterocycles. The fraction of sp³-hybridized carbons (Fsp3) is 0. The van der Waals surface area contributed by atoms with Crippen LogP contribution in [0.4, 0.5) is 0 Å². The van der Waals surface area contributed by atoms with Crippen molar-refractivity contribution in [1.29, 1.82) is 0 Å². The normalized spacial score (nSPS) is 11.3. The van der Waals surface area contributed by atoms with Gasteiger partial charge < -0.3 is 4.42 Å². The van der Waals surface area contributed by atoms with Gasteiger partial charge in [0.25, 0.3) is 0 Å². The van der Waals surface area contributed by atoms with Crippen LogP contribution in [0.15, 0.2) is 56.5 Å². The zero-order valence-electron chi connectivity index (χ0n) is 11.5. The smallest absolute Gasteiger partial charge is 0.307 e. The second kappa shape index (κ2) is 7.02. The molecule has 0 unspecified atom stereocenters. The quantitative estimate of drug-likeness (QED) is 0.303. The monoisotopic (exact) mass is 502 g/mol. The first kappa shape index (κ1) is 16.5. The molecule has 4 nitrogen and oxygen atoms in total. The van der Waals surface area contributed by atoms with Gasteiger partial charge in [0.15, 0.2) is 5.76 Å². The first-order valence-corrected chi connectivity index (χ1v) is 8.75. The Hall–Kier alpha value is -1.38. The molecule has 1 aromatic heterocycles. The van der Waals surface area contributed by atoms with Crippen molar-refractivity contribution in [3.8, 4) is 0 Å². The summed E-state index contributed by atoms with van der Waals surface area (Å²) in [5, 5.41) is 5.42. The van der Waals surface area contributed by atoms with Crippen molar-refractivity contribution in [3.63, 3.8) is 0 Å². The van der Waals surface area contributed by atoms with E-state index in [1.807, 2.05) is 12.1 Å². The van der Waals surface area contributed by atoms with Gasteiger partial charge in [0.1, 0.15) is 5.58 Å². The minimum atomic E-state index is -0.404. The standard InChI is InChI=1S/C16H9BrClIN2O2/c17-11-5-10-6-14(23-15(10)13(19)7-11)16(22)21-20-8-9-1-3-12(18)4-2-9/h1-8H,(H,21,22)/b20-8-. The summed E-state index contributed by atoms with van der Waals surface area (Å²) in [5.41, 5.74) is 3.96. The minimum absolute atomic E-state index is 0.212. The third-order valence-corrected chi connectivity index (χ3v) is 4.52. The Bertz CT molecular complexity index is 906. The predicted molar refractivity (Wildman–Crippen MR) is 103 cm³/mol. The lowest BCUT2D eigenvalue weighted by molar-refractivity contribution is 0.0929. The van der Waals surface area contributed by atoms with Crippen LogP contribution in [-0.2, 0) is 0 Å². The summed E-state index contributed by atoms with van der Waals surface area (Å²) < 4.78 is 7.46. The lowest BCUT2D eigenvalue weighted by atomic mass is 10.2. The fourth-order valence-corrected chi connectivity index (χ4v) is 3.74. The molecule has 3 rings (SSSR count). The Morgan fingerprint density at radius 2 is 2.00 bits per heavy atom. The molecule has 3 aromatic rings. The maximum atomic E-state index is 12.1. The summed E-state index contributed by atoms with van der Waals surface area (Å²) in [6.07, 6.45) is 1.54. The van der Waals surface area contributed by atoms with E-state index >= 15 is 0 Å². The molecule has 0 saturated carbocycles. The van der Waals surface area contributed by atoms with Crippen LogP contribution in [0, 0.1) is 3.57 Å². The molecule has 0 aliphatic carbocycles. The number of hydrazone groups is 1. The summed E-state index contributed by atoms with van der Waals surface area (Å²) in [7, 11) is 0. The molecular formula is C16H9BrClIN2O2. The summed E-state index contributed by atoms with van der Waals surface area (Å²) in [6, 6.07) is 12.6. The molecule has 2 aromatic carbocycles. The van der Waals surface area contributed by atoms with Gasteiger partial charge in [0.05, 0.1) is 9.78 Å². The van der Waals surface area contributed by atoms with Crippen molar-refractivity contribution in [2.75, 3.05) is 0 Å². The van der Waals surface area contributed by atoms with Crippen molar-refractivity contribution in [2.45, 2.75) is 0 Å². The van der Waals surface area contributed by atoms with Crippen molar-refractivity contribution in [2.24, 2.45) is 5.10 Å². The molecule has 116 valence electrons. The third kappa shape index (κ3) is 3.94. The molecular weight excluding hydrogens is 494 g/mol. The molecule has 1 amide bonds. The molecule has 0 atom stereocenters. The van der Waals surface area contributed by atoms with E-state index in [2.05, 4.69) is 49.0 Å². The first-order valence-electron chi connectivity index (χ1n) is 6.50. The van der Waals surface area contributed by atoms with E-state index in [9.17, 15) is 4.79 Å². The third-order valence-electron chi connectivity index (χ3n) is 3.01. The number of rotatable bonds is 3. The predicted octanol–water partition coefficient (Wildman–Crippen LogP) is 5.22. The Kier molecular flexibility index (Phi) is 5.03. The highest BCUT2D eigenvalue weighted by molar-refractivity contribution is 14.1. The summed E-state index contributed by atoms with van der Waals surface area (Å²) in [4.78, 5) is 12.1. The van der Waals surface area contributed by atoms with Gasteiger partial charge in [0, 0.05) is 14.9 Å². The van der Waals surface area contributed by atoms with E-state index in [4.69, 9.17) is 16.0 Å². The van der Waals surface area contributed by atoms with Gasteiger partial charge in [-0.05, 0) is 58.5 Å². The SMILES string of the molecule is O=C(N/N=C\c1ccc(Cl)cc1)c1cc2cc(Br)cc(I)c2o1. The lowest BCUT2D eigenvalue weighted by Gasteiger charge is -1.96. The second-order valence-electron chi connectivity index (χ2n) is 4.67.